The second-order valence-electron chi connectivity index (χ2n) is 6.21. The van der Waals surface area contributed by atoms with Gasteiger partial charge >= 0.3 is 0 Å². The van der Waals surface area contributed by atoms with E-state index in [0.717, 1.165) is 32.0 Å². The molecular formula is C19H24N4O3. The molecular weight excluding hydrogens is 332 g/mol. The zero-order chi connectivity index (χ0) is 18.4. The van der Waals surface area contributed by atoms with E-state index in [2.05, 4.69) is 27.1 Å². The first-order valence-corrected chi connectivity index (χ1v) is 8.60. The van der Waals surface area contributed by atoms with Crippen LogP contribution >= 0.6 is 0 Å². The molecule has 7 nitrogen and oxygen atoms in total. The third-order valence-electron chi connectivity index (χ3n) is 4.27. The molecule has 138 valence electrons. The van der Waals surface area contributed by atoms with E-state index in [1.165, 1.54) is 0 Å². The van der Waals surface area contributed by atoms with Crippen molar-refractivity contribution in [2.45, 2.75) is 0 Å². The summed E-state index contributed by atoms with van der Waals surface area (Å²) in [5.74, 6) is 1.97. The highest BCUT2D eigenvalue weighted by Gasteiger charge is 2.15. The first-order valence-electron chi connectivity index (χ1n) is 8.60. The van der Waals surface area contributed by atoms with Crippen LogP contribution in [0.5, 0.6) is 11.5 Å². The second kappa shape index (κ2) is 8.53. The Hall–Kier alpha value is -2.80. The molecule has 1 amide bonds. The van der Waals surface area contributed by atoms with Gasteiger partial charge in [0.25, 0.3) is 5.91 Å². The maximum atomic E-state index is 12.1. The number of methoxy groups -OCH3 is 1. The summed E-state index contributed by atoms with van der Waals surface area (Å²) in [5, 5.41) is 2.79. The van der Waals surface area contributed by atoms with Crippen molar-refractivity contribution in [1.29, 1.82) is 0 Å². The average Bonchev–Trinajstić information content (AvgIpc) is 2.68. The summed E-state index contributed by atoms with van der Waals surface area (Å²) in [7, 11) is 3.71. The first kappa shape index (κ1) is 18.0. The Labute approximate surface area is 153 Å². The number of nitrogens with one attached hydrogen (secondary N) is 1. The van der Waals surface area contributed by atoms with Crippen LogP contribution < -0.4 is 19.7 Å². The minimum Gasteiger partial charge on any atom is -0.497 e. The van der Waals surface area contributed by atoms with E-state index in [0.29, 0.717) is 17.2 Å². The Morgan fingerprint density at radius 3 is 2.62 bits per heavy atom. The van der Waals surface area contributed by atoms with E-state index >= 15 is 0 Å². The number of piperazine rings is 1. The van der Waals surface area contributed by atoms with Gasteiger partial charge in [0, 0.05) is 32.2 Å². The number of hydrogen-bond donors (Lipinski definition) is 1. The quantitative estimate of drug-likeness (QED) is 0.852. The van der Waals surface area contributed by atoms with E-state index < -0.39 is 0 Å². The van der Waals surface area contributed by atoms with E-state index in [1.807, 2.05) is 24.3 Å². The van der Waals surface area contributed by atoms with Crippen LogP contribution in [0.4, 0.5) is 11.5 Å². The molecule has 0 aliphatic carbocycles. The third-order valence-corrected chi connectivity index (χ3v) is 4.27. The van der Waals surface area contributed by atoms with Gasteiger partial charge in [-0.1, -0.05) is 6.07 Å². The highest BCUT2D eigenvalue weighted by Crippen LogP contribution is 2.19. The number of pyridine rings is 1. The number of rotatable bonds is 6. The molecule has 7 heteroatoms. The normalized spacial score (nSPS) is 14.8. The third kappa shape index (κ3) is 4.86. The molecule has 2 aromatic rings. The minimum absolute atomic E-state index is 0.0760. The molecule has 2 heterocycles. The Morgan fingerprint density at radius 1 is 1.15 bits per heavy atom. The fraction of sp³-hybridized carbons (Fsp3) is 0.368. The monoisotopic (exact) mass is 356 g/mol. The largest absolute Gasteiger partial charge is 0.497 e. The SMILES string of the molecule is COc1cccc(OCC(=O)Nc2ccc(N3CCN(C)CC3)nc2)c1. The second-order valence-corrected chi connectivity index (χ2v) is 6.21. The summed E-state index contributed by atoms with van der Waals surface area (Å²) in [6.07, 6.45) is 1.68. The molecule has 26 heavy (non-hydrogen) atoms. The van der Waals surface area contributed by atoms with E-state index in [-0.39, 0.29) is 12.5 Å². The van der Waals surface area contributed by atoms with Crippen molar-refractivity contribution >= 4 is 17.4 Å². The fourth-order valence-corrected chi connectivity index (χ4v) is 2.72. The van der Waals surface area contributed by atoms with E-state index in [1.54, 1.807) is 25.4 Å². The lowest BCUT2D eigenvalue weighted by Crippen LogP contribution is -2.44. The number of anilines is 2. The van der Waals surface area contributed by atoms with Crippen LogP contribution in [-0.4, -0.2) is 62.7 Å². The Morgan fingerprint density at radius 2 is 1.92 bits per heavy atom. The summed E-state index contributed by atoms with van der Waals surface area (Å²) in [6.45, 7) is 3.91. The van der Waals surface area contributed by atoms with Gasteiger partial charge in [-0.3, -0.25) is 4.79 Å². The molecule has 1 saturated heterocycles. The van der Waals surface area contributed by atoms with Gasteiger partial charge in [-0.25, -0.2) is 4.98 Å². The standard InChI is InChI=1S/C19H24N4O3/c1-22-8-10-23(11-9-22)18-7-6-15(13-20-18)21-19(24)14-26-17-5-3-4-16(12-17)25-2/h3-7,12-13H,8-11,14H2,1-2H3,(H,21,24). The number of aromatic nitrogens is 1. The Kier molecular flexibility index (Phi) is 5.91. The summed E-state index contributed by atoms with van der Waals surface area (Å²) in [4.78, 5) is 21.1. The van der Waals surface area contributed by atoms with Crippen molar-refractivity contribution in [3.63, 3.8) is 0 Å². The highest BCUT2D eigenvalue weighted by molar-refractivity contribution is 5.91. The number of amides is 1. The fourth-order valence-electron chi connectivity index (χ4n) is 2.72. The van der Waals surface area contributed by atoms with Crippen molar-refractivity contribution in [1.82, 2.24) is 9.88 Å². The molecule has 0 atom stereocenters. The maximum Gasteiger partial charge on any atom is 0.262 e. The predicted octanol–water partition coefficient (Wildman–Crippen LogP) is 1.86. The number of nitrogens with zero attached hydrogens (tertiary/aromatic N) is 3. The molecule has 1 aliphatic rings. The highest BCUT2D eigenvalue weighted by atomic mass is 16.5. The van der Waals surface area contributed by atoms with Gasteiger partial charge in [0.05, 0.1) is 19.0 Å². The summed E-state index contributed by atoms with van der Waals surface area (Å²) < 4.78 is 10.6. The smallest absolute Gasteiger partial charge is 0.262 e. The van der Waals surface area contributed by atoms with Gasteiger partial charge < -0.3 is 24.6 Å². The van der Waals surface area contributed by atoms with Crippen LogP contribution in [-0.2, 0) is 4.79 Å². The van der Waals surface area contributed by atoms with Crippen molar-refractivity contribution < 1.29 is 14.3 Å². The minimum atomic E-state index is -0.234. The molecule has 1 N–H and O–H groups in total. The molecule has 1 fully saturated rings. The molecule has 0 radical (unpaired) electrons. The molecule has 3 rings (SSSR count). The Bertz CT molecular complexity index is 728. The van der Waals surface area contributed by atoms with Crippen LogP contribution in [0.15, 0.2) is 42.6 Å². The summed E-state index contributed by atoms with van der Waals surface area (Å²) in [6, 6.07) is 10.9. The van der Waals surface area contributed by atoms with E-state index in [4.69, 9.17) is 9.47 Å². The number of benzene rings is 1. The topological polar surface area (TPSA) is 66.9 Å². The van der Waals surface area contributed by atoms with Crippen LogP contribution in [0.25, 0.3) is 0 Å². The maximum absolute atomic E-state index is 12.1. The lowest BCUT2D eigenvalue weighted by Gasteiger charge is -2.33. The number of hydrogen-bond acceptors (Lipinski definition) is 6. The summed E-state index contributed by atoms with van der Waals surface area (Å²) in [5.41, 5.74) is 0.655. The number of carbonyl (C=O) groups is 1. The number of likely N-dealkylation sites (N-methyl/N-ethyl adjacent to an activating group) is 1. The van der Waals surface area contributed by atoms with Gasteiger partial charge in [0.15, 0.2) is 6.61 Å². The van der Waals surface area contributed by atoms with Gasteiger partial charge in [0.1, 0.15) is 17.3 Å². The summed E-state index contributed by atoms with van der Waals surface area (Å²) >= 11 is 0. The average molecular weight is 356 g/mol. The van der Waals surface area contributed by atoms with Gasteiger partial charge in [0.2, 0.25) is 0 Å². The molecule has 1 aromatic carbocycles. The Balaban J connectivity index is 1.49. The molecule has 0 saturated carbocycles. The van der Waals surface area contributed by atoms with E-state index in [9.17, 15) is 4.79 Å². The molecule has 1 aliphatic heterocycles. The van der Waals surface area contributed by atoms with Gasteiger partial charge in [-0.2, -0.15) is 0 Å². The van der Waals surface area contributed by atoms with Crippen molar-refractivity contribution in [3.05, 3.63) is 42.6 Å². The van der Waals surface area contributed by atoms with Gasteiger partial charge in [-0.15, -0.1) is 0 Å². The van der Waals surface area contributed by atoms with Crippen molar-refractivity contribution in [2.24, 2.45) is 0 Å². The molecule has 0 spiro atoms. The molecule has 0 bridgehead atoms. The zero-order valence-electron chi connectivity index (χ0n) is 15.1. The van der Waals surface area contributed by atoms with Crippen LogP contribution in [0.2, 0.25) is 0 Å². The first-order chi connectivity index (χ1) is 12.6. The van der Waals surface area contributed by atoms with Crippen LogP contribution in [0.1, 0.15) is 0 Å². The van der Waals surface area contributed by atoms with Crippen molar-refractivity contribution in [2.75, 3.05) is 57.2 Å². The zero-order valence-corrected chi connectivity index (χ0v) is 15.1. The molecule has 1 aromatic heterocycles. The lowest BCUT2D eigenvalue weighted by atomic mass is 10.3. The van der Waals surface area contributed by atoms with Crippen LogP contribution in [0, 0.1) is 0 Å². The van der Waals surface area contributed by atoms with Gasteiger partial charge in [-0.05, 0) is 31.3 Å². The number of ether oxygens (including phenoxy) is 2. The molecule has 0 unspecified atom stereocenters. The lowest BCUT2D eigenvalue weighted by molar-refractivity contribution is -0.118. The van der Waals surface area contributed by atoms with Crippen molar-refractivity contribution in [3.8, 4) is 11.5 Å². The number of carbonyl (C=O) groups excluding carboxylic acids is 1. The van der Waals surface area contributed by atoms with Crippen LogP contribution in [0.3, 0.4) is 0 Å². The predicted molar refractivity (Wildman–Crippen MR) is 101 cm³/mol.